The Balaban J connectivity index is 2.67. The molecule has 3 N–H and O–H groups in total. The Morgan fingerprint density at radius 3 is 2.50 bits per heavy atom. The van der Waals surface area contributed by atoms with E-state index in [0.29, 0.717) is 15.8 Å². The van der Waals surface area contributed by atoms with Crippen molar-refractivity contribution in [3.05, 3.63) is 69.8 Å². The highest BCUT2D eigenvalue weighted by molar-refractivity contribution is 6.10. The second kappa shape index (κ2) is 5.32. The van der Waals surface area contributed by atoms with Crippen LogP contribution in [-0.2, 0) is 0 Å². The van der Waals surface area contributed by atoms with Crippen molar-refractivity contribution in [1.82, 2.24) is 0 Å². The number of nitrogens with two attached hydrogens (primary N) is 1. The maximum atomic E-state index is 12.5. The SMILES string of the molecule is C=C1C=CC=C(O)/C1=[N+](\[O-])c1cc(C)c(C)cc1[NH2+][O-]. The summed E-state index contributed by atoms with van der Waals surface area (Å²) in [5.41, 5.74) is 3.40. The van der Waals surface area contributed by atoms with E-state index in [9.17, 15) is 15.5 Å². The third kappa shape index (κ3) is 2.36. The van der Waals surface area contributed by atoms with E-state index in [-0.39, 0.29) is 22.8 Å². The first-order valence-corrected chi connectivity index (χ1v) is 6.13. The first-order chi connectivity index (χ1) is 9.45. The summed E-state index contributed by atoms with van der Waals surface area (Å²) in [5, 5.41) is 33.5. The van der Waals surface area contributed by atoms with Crippen LogP contribution in [0.4, 0.5) is 11.4 Å². The molecule has 1 aromatic rings. The summed E-state index contributed by atoms with van der Waals surface area (Å²) >= 11 is 0. The van der Waals surface area contributed by atoms with Crippen LogP contribution in [0.2, 0.25) is 0 Å². The zero-order valence-corrected chi connectivity index (χ0v) is 11.4. The molecule has 5 heteroatoms. The zero-order valence-electron chi connectivity index (χ0n) is 11.4. The number of aliphatic hydroxyl groups is 1. The van der Waals surface area contributed by atoms with Gasteiger partial charge in [-0.25, -0.2) is 0 Å². The summed E-state index contributed by atoms with van der Waals surface area (Å²) in [6.45, 7) is 7.46. The molecule has 1 aromatic carbocycles. The molecule has 0 atom stereocenters. The van der Waals surface area contributed by atoms with Gasteiger partial charge in [0.15, 0.2) is 5.76 Å². The number of benzene rings is 1. The smallest absolute Gasteiger partial charge is 0.278 e. The lowest BCUT2D eigenvalue weighted by molar-refractivity contribution is -0.505. The van der Waals surface area contributed by atoms with Crippen LogP contribution in [0.3, 0.4) is 0 Å². The van der Waals surface area contributed by atoms with Crippen LogP contribution >= 0.6 is 0 Å². The van der Waals surface area contributed by atoms with Gasteiger partial charge in [0, 0.05) is 17.7 Å². The molecule has 0 unspecified atom stereocenters. The van der Waals surface area contributed by atoms with Gasteiger partial charge >= 0.3 is 0 Å². The van der Waals surface area contributed by atoms with E-state index < -0.39 is 0 Å². The normalized spacial score (nSPS) is 17.1. The minimum atomic E-state index is -0.164. The van der Waals surface area contributed by atoms with Crippen molar-refractivity contribution in [2.75, 3.05) is 0 Å². The average molecular weight is 272 g/mol. The number of aryl methyl sites for hydroxylation is 2. The topological polar surface area (TPSA) is 86.0 Å². The summed E-state index contributed by atoms with van der Waals surface area (Å²) in [7, 11) is 0. The van der Waals surface area contributed by atoms with E-state index in [1.807, 2.05) is 13.8 Å². The highest BCUT2D eigenvalue weighted by atomic mass is 16.5. The number of nitrogens with zero attached hydrogens (tertiary/aromatic N) is 1. The number of hydrogen-bond donors (Lipinski definition) is 2. The third-order valence-electron chi connectivity index (χ3n) is 3.29. The van der Waals surface area contributed by atoms with E-state index in [1.54, 1.807) is 24.3 Å². The summed E-state index contributed by atoms with van der Waals surface area (Å²) in [6.07, 6.45) is 4.65. The molecule has 0 saturated heterocycles. The quantitative estimate of drug-likeness (QED) is 0.374. The lowest BCUT2D eigenvalue weighted by atomic mass is 10.0. The third-order valence-corrected chi connectivity index (χ3v) is 3.29. The molecule has 0 aromatic heterocycles. The van der Waals surface area contributed by atoms with Crippen LogP contribution in [0, 0.1) is 24.3 Å². The Morgan fingerprint density at radius 2 is 1.90 bits per heavy atom. The van der Waals surface area contributed by atoms with Gasteiger partial charge in [-0.2, -0.15) is 4.74 Å². The maximum Gasteiger partial charge on any atom is 0.278 e. The molecule has 0 saturated carbocycles. The largest absolute Gasteiger partial charge is 0.630 e. The zero-order chi connectivity index (χ0) is 14.9. The summed E-state index contributed by atoms with van der Waals surface area (Å²) in [4.78, 5) is 0. The van der Waals surface area contributed by atoms with Crippen molar-refractivity contribution in [2.24, 2.45) is 0 Å². The first-order valence-electron chi connectivity index (χ1n) is 6.13. The van der Waals surface area contributed by atoms with Crippen molar-refractivity contribution in [2.45, 2.75) is 13.8 Å². The minimum absolute atomic E-state index is 0.0545. The predicted octanol–water partition coefficient (Wildman–Crippen LogP) is 2.15. The van der Waals surface area contributed by atoms with Crippen molar-refractivity contribution in [3.8, 4) is 0 Å². The molecule has 104 valence electrons. The molecule has 1 aliphatic carbocycles. The minimum Gasteiger partial charge on any atom is -0.630 e. The monoisotopic (exact) mass is 272 g/mol. The molecule has 20 heavy (non-hydrogen) atoms. The number of rotatable bonds is 2. The first kappa shape index (κ1) is 14.0. The second-order valence-electron chi connectivity index (χ2n) is 4.69. The Morgan fingerprint density at radius 1 is 1.25 bits per heavy atom. The average Bonchev–Trinajstić information content (AvgIpc) is 2.41. The lowest BCUT2D eigenvalue weighted by Crippen LogP contribution is -2.70. The van der Waals surface area contributed by atoms with Gasteiger partial charge in [0.05, 0.1) is 0 Å². The van der Waals surface area contributed by atoms with Gasteiger partial charge in [0.2, 0.25) is 5.69 Å². The van der Waals surface area contributed by atoms with Gasteiger partial charge < -0.3 is 21.0 Å². The number of allylic oxidation sites excluding steroid dienone is 4. The van der Waals surface area contributed by atoms with Gasteiger partial charge in [-0.3, -0.25) is 0 Å². The molecule has 0 radical (unpaired) electrons. The van der Waals surface area contributed by atoms with E-state index >= 15 is 0 Å². The Labute approximate surface area is 117 Å². The Kier molecular flexibility index (Phi) is 3.74. The van der Waals surface area contributed by atoms with E-state index in [1.165, 1.54) is 6.08 Å². The van der Waals surface area contributed by atoms with Crippen molar-refractivity contribution in [3.63, 3.8) is 0 Å². The van der Waals surface area contributed by atoms with Gasteiger partial charge in [-0.1, -0.05) is 12.7 Å². The summed E-state index contributed by atoms with van der Waals surface area (Å²) in [6, 6.07) is 3.29. The second-order valence-corrected chi connectivity index (χ2v) is 4.69. The molecule has 0 aliphatic heterocycles. The van der Waals surface area contributed by atoms with Gasteiger partial charge in [-0.15, -0.1) is 0 Å². The molecule has 1 aliphatic rings. The van der Waals surface area contributed by atoms with Crippen molar-refractivity contribution < 1.29 is 15.3 Å². The van der Waals surface area contributed by atoms with Gasteiger partial charge in [0.1, 0.15) is 0 Å². The van der Waals surface area contributed by atoms with E-state index in [4.69, 9.17) is 0 Å². The Hall–Kier alpha value is -2.37. The van der Waals surface area contributed by atoms with Crippen LogP contribution in [0.15, 0.2) is 48.3 Å². The maximum absolute atomic E-state index is 12.5. The summed E-state index contributed by atoms with van der Waals surface area (Å²) in [5.74, 6) is -0.164. The molecular formula is C15H16N2O3. The van der Waals surface area contributed by atoms with Crippen molar-refractivity contribution >= 4 is 17.1 Å². The molecular weight excluding hydrogens is 256 g/mol. The molecule has 2 rings (SSSR count). The number of aliphatic hydroxyl groups excluding tert-OH is 1. The molecule has 5 nitrogen and oxygen atoms in total. The molecule has 0 spiro atoms. The fourth-order valence-corrected chi connectivity index (χ4v) is 2.03. The molecule has 0 heterocycles. The Bertz CT molecular complexity index is 670. The van der Waals surface area contributed by atoms with E-state index in [0.717, 1.165) is 11.1 Å². The van der Waals surface area contributed by atoms with Crippen LogP contribution in [-0.4, -0.2) is 15.6 Å². The fourth-order valence-electron chi connectivity index (χ4n) is 2.03. The van der Waals surface area contributed by atoms with Crippen LogP contribution in [0.5, 0.6) is 0 Å². The highest BCUT2D eigenvalue weighted by Crippen LogP contribution is 2.26. The number of hydrogen-bond acceptors (Lipinski definition) is 3. The van der Waals surface area contributed by atoms with Crippen LogP contribution < -0.4 is 5.48 Å². The van der Waals surface area contributed by atoms with E-state index in [2.05, 4.69) is 6.58 Å². The lowest BCUT2D eigenvalue weighted by Gasteiger charge is -2.15. The molecule has 0 fully saturated rings. The van der Waals surface area contributed by atoms with Crippen LogP contribution in [0.25, 0.3) is 0 Å². The van der Waals surface area contributed by atoms with Gasteiger partial charge in [-0.05, 0) is 37.1 Å². The molecule has 0 bridgehead atoms. The molecule has 0 amide bonds. The standard InChI is InChI=1S/C15H16N2O3/c1-9-5-4-6-14(18)15(9)17(20)13-8-11(3)10(2)7-12(13)16-19/h4-8,18H,1,16H2,2-3H3/b17-15-. The predicted molar refractivity (Wildman–Crippen MR) is 78.2 cm³/mol. The fraction of sp³-hybridized carbons (Fsp3) is 0.133. The highest BCUT2D eigenvalue weighted by Gasteiger charge is 2.24. The van der Waals surface area contributed by atoms with Gasteiger partial charge in [0.25, 0.3) is 11.4 Å². The van der Waals surface area contributed by atoms with Crippen LogP contribution in [0.1, 0.15) is 11.1 Å². The summed E-state index contributed by atoms with van der Waals surface area (Å²) < 4.78 is 0.549. The van der Waals surface area contributed by atoms with Crippen molar-refractivity contribution in [1.29, 1.82) is 0 Å². The number of quaternary nitrogens is 1.